The van der Waals surface area contributed by atoms with Crippen LogP contribution in [0.4, 0.5) is 0 Å². The molecule has 0 bridgehead atoms. The molecule has 3 nitrogen and oxygen atoms in total. The van der Waals surface area contributed by atoms with E-state index >= 15 is 0 Å². The first-order valence-electron chi connectivity index (χ1n) is 9.55. The number of rotatable bonds is 1. The minimum Gasteiger partial charge on any atom is -0.501 e. The third-order valence-electron chi connectivity index (χ3n) is 8.47. The van der Waals surface area contributed by atoms with Crippen LogP contribution >= 0.6 is 0 Å². The maximum absolute atomic E-state index is 13.4. The van der Waals surface area contributed by atoms with Gasteiger partial charge in [0.25, 0.3) is 0 Å². The van der Waals surface area contributed by atoms with E-state index in [1.807, 2.05) is 0 Å². The van der Waals surface area contributed by atoms with Crippen molar-refractivity contribution in [3.05, 3.63) is 23.5 Å². The number of allylic oxidation sites excluding steroid dienone is 4. The summed E-state index contributed by atoms with van der Waals surface area (Å²) in [6.45, 7) is 5.55. The molecule has 1 aliphatic heterocycles. The molecular formula is C21H28O3. The fourth-order valence-electron chi connectivity index (χ4n) is 6.93. The summed E-state index contributed by atoms with van der Waals surface area (Å²) < 4.78 is 11.4. The van der Waals surface area contributed by atoms with Crippen LogP contribution in [0.25, 0.3) is 0 Å². The second-order valence-electron chi connectivity index (χ2n) is 9.26. The molecule has 0 aromatic heterocycles. The number of carbonyl (C=O) groups is 1. The number of epoxide rings is 1. The molecule has 0 radical (unpaired) electrons. The summed E-state index contributed by atoms with van der Waals surface area (Å²) in [6.07, 6.45) is 10.8. The number of hydrogen-bond acceptors (Lipinski definition) is 3. The monoisotopic (exact) mass is 328 g/mol. The van der Waals surface area contributed by atoms with Crippen LogP contribution in [0.1, 0.15) is 52.4 Å². The first-order chi connectivity index (χ1) is 11.4. The maximum Gasteiger partial charge on any atom is 0.137 e. The van der Waals surface area contributed by atoms with Gasteiger partial charge in [0.1, 0.15) is 5.78 Å². The number of Topliss-reactive ketones (excluding diaryl/α,β-unsaturated/α-hetero) is 1. The van der Waals surface area contributed by atoms with Crippen molar-refractivity contribution in [3.63, 3.8) is 0 Å². The number of hydrogen-bond donors (Lipinski definition) is 0. The van der Waals surface area contributed by atoms with E-state index in [9.17, 15) is 4.79 Å². The molecule has 1 heterocycles. The quantitative estimate of drug-likeness (QED) is 0.682. The largest absolute Gasteiger partial charge is 0.501 e. The lowest BCUT2D eigenvalue weighted by Gasteiger charge is -2.55. The Balaban J connectivity index is 1.57. The predicted octanol–water partition coefficient (Wildman–Crippen LogP) is 4.04. The number of ether oxygens (including phenoxy) is 2. The average Bonchev–Trinajstić information content (AvgIpc) is 3.28. The van der Waals surface area contributed by atoms with E-state index in [4.69, 9.17) is 9.47 Å². The Morgan fingerprint density at radius 2 is 2.08 bits per heavy atom. The van der Waals surface area contributed by atoms with Gasteiger partial charge >= 0.3 is 0 Å². The molecule has 2 saturated carbocycles. The van der Waals surface area contributed by atoms with Crippen LogP contribution in [0, 0.1) is 28.6 Å². The Morgan fingerprint density at radius 3 is 2.79 bits per heavy atom. The second-order valence-corrected chi connectivity index (χ2v) is 9.26. The molecule has 3 heteroatoms. The van der Waals surface area contributed by atoms with Crippen molar-refractivity contribution in [3.8, 4) is 0 Å². The fourth-order valence-corrected chi connectivity index (χ4v) is 6.93. The molecule has 0 N–H and O–H groups in total. The van der Waals surface area contributed by atoms with Crippen molar-refractivity contribution >= 4 is 5.78 Å². The van der Waals surface area contributed by atoms with E-state index in [-0.39, 0.29) is 22.3 Å². The zero-order valence-electron chi connectivity index (χ0n) is 15.1. The average molecular weight is 328 g/mol. The zero-order chi connectivity index (χ0) is 16.7. The van der Waals surface area contributed by atoms with Crippen LogP contribution < -0.4 is 0 Å². The molecule has 1 spiro atoms. The molecule has 0 aromatic carbocycles. The first-order valence-corrected chi connectivity index (χ1v) is 9.55. The summed E-state index contributed by atoms with van der Waals surface area (Å²) in [4.78, 5) is 13.4. The predicted molar refractivity (Wildman–Crippen MR) is 91.3 cm³/mol. The number of ketones is 1. The van der Waals surface area contributed by atoms with E-state index < -0.39 is 0 Å². The van der Waals surface area contributed by atoms with Gasteiger partial charge in [-0.25, -0.2) is 0 Å². The van der Waals surface area contributed by atoms with E-state index in [1.165, 1.54) is 12.0 Å². The molecule has 1 saturated heterocycles. The Morgan fingerprint density at radius 1 is 1.29 bits per heavy atom. The van der Waals surface area contributed by atoms with Crippen LogP contribution in [0.15, 0.2) is 23.5 Å². The molecule has 5 aliphatic rings. The van der Waals surface area contributed by atoms with Gasteiger partial charge in [0, 0.05) is 29.6 Å². The highest BCUT2D eigenvalue weighted by Gasteiger charge is 2.71. The van der Waals surface area contributed by atoms with E-state index in [0.717, 1.165) is 44.5 Å². The molecule has 24 heavy (non-hydrogen) atoms. The third-order valence-corrected chi connectivity index (χ3v) is 8.47. The van der Waals surface area contributed by atoms with Gasteiger partial charge in [-0.2, -0.15) is 0 Å². The normalized spacial score (nSPS) is 52.1. The van der Waals surface area contributed by atoms with Crippen LogP contribution in [-0.2, 0) is 14.3 Å². The molecule has 0 unspecified atom stereocenters. The fraction of sp³-hybridized carbons (Fsp3) is 0.762. The smallest absolute Gasteiger partial charge is 0.137 e. The summed E-state index contributed by atoms with van der Waals surface area (Å²) in [7, 11) is 1.76. The molecule has 0 aromatic rings. The standard InChI is InChI=1S/C21H28O3/c1-19-8-6-14(23-3)10-13(19)4-5-15-16-7-9-21(12-24-21)20(16,2)11-17(22)18(15)19/h4,10,15-16,18H,5-9,11-12H2,1-3H3/t15-,16-,18+,19-,20-,21-/m0/s1. The lowest BCUT2D eigenvalue weighted by atomic mass is 9.47. The molecule has 130 valence electrons. The van der Waals surface area contributed by atoms with Crippen molar-refractivity contribution in [1.82, 2.24) is 0 Å². The number of carbonyl (C=O) groups excluding carboxylic acids is 1. The van der Waals surface area contributed by atoms with Gasteiger partial charge in [-0.1, -0.05) is 19.9 Å². The molecule has 5 rings (SSSR count). The van der Waals surface area contributed by atoms with Crippen molar-refractivity contribution in [1.29, 1.82) is 0 Å². The second kappa shape index (κ2) is 4.55. The molecular weight excluding hydrogens is 300 g/mol. The van der Waals surface area contributed by atoms with Crippen LogP contribution in [0.5, 0.6) is 0 Å². The minimum atomic E-state index is 0.00349. The zero-order valence-corrected chi connectivity index (χ0v) is 15.1. The Hall–Kier alpha value is -1.09. The van der Waals surface area contributed by atoms with Crippen molar-refractivity contribution < 1.29 is 14.3 Å². The Kier molecular flexibility index (Phi) is 2.88. The lowest BCUT2D eigenvalue weighted by molar-refractivity contribution is -0.144. The Labute approximate surface area is 144 Å². The van der Waals surface area contributed by atoms with Gasteiger partial charge in [0.2, 0.25) is 0 Å². The van der Waals surface area contributed by atoms with Crippen molar-refractivity contribution in [2.75, 3.05) is 13.7 Å². The van der Waals surface area contributed by atoms with Crippen LogP contribution in [0.2, 0.25) is 0 Å². The summed E-state index contributed by atoms with van der Waals surface area (Å²) in [6, 6.07) is 0. The number of methoxy groups -OCH3 is 1. The van der Waals surface area contributed by atoms with E-state index in [2.05, 4.69) is 26.0 Å². The van der Waals surface area contributed by atoms with Gasteiger partial charge < -0.3 is 9.47 Å². The van der Waals surface area contributed by atoms with Gasteiger partial charge in [0.15, 0.2) is 0 Å². The molecule has 0 amide bonds. The van der Waals surface area contributed by atoms with E-state index in [1.54, 1.807) is 7.11 Å². The highest BCUT2D eigenvalue weighted by Crippen LogP contribution is 2.69. The molecule has 4 aliphatic carbocycles. The first kappa shape index (κ1) is 15.2. The topological polar surface area (TPSA) is 38.8 Å². The van der Waals surface area contributed by atoms with E-state index in [0.29, 0.717) is 17.6 Å². The molecule has 3 fully saturated rings. The van der Waals surface area contributed by atoms with Gasteiger partial charge in [-0.15, -0.1) is 0 Å². The summed E-state index contributed by atoms with van der Waals surface area (Å²) >= 11 is 0. The Bertz CT molecular complexity index is 671. The van der Waals surface area contributed by atoms with Gasteiger partial charge in [-0.3, -0.25) is 4.79 Å². The van der Waals surface area contributed by atoms with Gasteiger partial charge in [-0.05, 0) is 49.2 Å². The van der Waals surface area contributed by atoms with Crippen molar-refractivity contribution in [2.45, 2.75) is 58.0 Å². The van der Waals surface area contributed by atoms with Crippen LogP contribution in [0.3, 0.4) is 0 Å². The third kappa shape index (κ3) is 1.65. The highest BCUT2D eigenvalue weighted by atomic mass is 16.6. The molecule has 6 atom stereocenters. The number of fused-ring (bicyclic) bond motifs is 6. The summed E-state index contributed by atoms with van der Waals surface area (Å²) in [5.74, 6) is 2.91. The lowest BCUT2D eigenvalue weighted by Crippen LogP contribution is -2.55. The van der Waals surface area contributed by atoms with Crippen LogP contribution in [-0.4, -0.2) is 25.1 Å². The highest BCUT2D eigenvalue weighted by molar-refractivity contribution is 5.85. The SMILES string of the molecule is COC1=CC2=CC[C@@H]3[C@H](C(=O)C[C@@]4(C)[C@H]3CC[C@]43CO3)[C@@]2(C)CC1. The maximum atomic E-state index is 13.4. The van der Waals surface area contributed by atoms with Crippen molar-refractivity contribution in [2.24, 2.45) is 28.6 Å². The summed E-state index contributed by atoms with van der Waals surface area (Å²) in [5, 5.41) is 0. The van der Waals surface area contributed by atoms with Gasteiger partial charge in [0.05, 0.1) is 25.1 Å². The minimum absolute atomic E-state index is 0.00349. The summed E-state index contributed by atoms with van der Waals surface area (Å²) in [5.41, 5.74) is 1.47.